The molecule has 0 aliphatic carbocycles. The van der Waals surface area contributed by atoms with E-state index in [1.807, 2.05) is 55.5 Å². The maximum atomic E-state index is 10.2. The summed E-state index contributed by atoms with van der Waals surface area (Å²) in [4.78, 5) is 2.14. The van der Waals surface area contributed by atoms with E-state index in [1.165, 1.54) is 5.56 Å². The van der Waals surface area contributed by atoms with Gasteiger partial charge in [-0.15, -0.1) is 0 Å². The molecule has 0 fully saturated rings. The summed E-state index contributed by atoms with van der Waals surface area (Å²) in [6.45, 7) is 4.27. The van der Waals surface area contributed by atoms with E-state index in [2.05, 4.69) is 4.90 Å². The quantitative estimate of drug-likeness (QED) is 0.921. The molecule has 0 saturated carbocycles. The first kappa shape index (κ1) is 14.7. The van der Waals surface area contributed by atoms with Gasteiger partial charge in [-0.05, 0) is 31.2 Å². The number of hydrogen-bond donors (Lipinski definition) is 1. The fourth-order valence-electron chi connectivity index (χ4n) is 2.55. The summed E-state index contributed by atoms with van der Waals surface area (Å²) in [5.74, 6) is 1.66. The van der Waals surface area contributed by atoms with Crippen molar-refractivity contribution in [1.29, 1.82) is 0 Å². The minimum absolute atomic E-state index is 0.280. The lowest BCUT2D eigenvalue weighted by Gasteiger charge is -2.32. The lowest BCUT2D eigenvalue weighted by Crippen LogP contribution is -2.40. The first-order valence-corrected chi connectivity index (χ1v) is 7.57. The molecule has 22 heavy (non-hydrogen) atoms. The van der Waals surface area contributed by atoms with Crippen LogP contribution in [-0.2, 0) is 0 Å². The Morgan fingerprint density at radius 3 is 2.77 bits per heavy atom. The van der Waals surface area contributed by atoms with Gasteiger partial charge in [0, 0.05) is 6.54 Å². The third kappa shape index (κ3) is 3.52. The lowest BCUT2D eigenvalue weighted by molar-refractivity contribution is 0.110. The van der Waals surface area contributed by atoms with Gasteiger partial charge in [0.2, 0.25) is 0 Å². The number of β-amino-alcohol motifs (C(OH)–C–C–N with tert-alkyl or cyclic N) is 1. The molecular weight excluding hydrogens is 278 g/mol. The largest absolute Gasteiger partial charge is 0.491 e. The van der Waals surface area contributed by atoms with E-state index in [0.717, 1.165) is 23.7 Å². The van der Waals surface area contributed by atoms with Crippen molar-refractivity contribution in [2.24, 2.45) is 0 Å². The van der Waals surface area contributed by atoms with Crippen LogP contribution in [0.2, 0.25) is 0 Å². The molecule has 2 aromatic carbocycles. The Labute approximate surface area is 130 Å². The normalized spacial score (nSPS) is 14.9. The number of hydrogen-bond acceptors (Lipinski definition) is 4. The first-order valence-electron chi connectivity index (χ1n) is 7.57. The number of fused-ring (bicyclic) bond motifs is 1. The fraction of sp³-hybridized carbons (Fsp3) is 0.333. The number of aliphatic hydroxyl groups excluding tert-OH is 1. The number of para-hydroxylation sites is 2. The summed E-state index contributed by atoms with van der Waals surface area (Å²) < 4.78 is 11.3. The Kier molecular flexibility index (Phi) is 4.49. The van der Waals surface area contributed by atoms with Crippen molar-refractivity contribution in [3.63, 3.8) is 0 Å². The number of nitrogens with zero attached hydrogens (tertiary/aromatic N) is 1. The second-order valence-electron chi connectivity index (χ2n) is 5.54. The van der Waals surface area contributed by atoms with Crippen molar-refractivity contribution in [2.75, 3.05) is 31.2 Å². The number of anilines is 1. The molecule has 0 amide bonds. The van der Waals surface area contributed by atoms with Gasteiger partial charge in [0.1, 0.15) is 30.8 Å². The summed E-state index contributed by atoms with van der Waals surface area (Å²) in [7, 11) is 0. The second-order valence-corrected chi connectivity index (χ2v) is 5.54. The zero-order chi connectivity index (χ0) is 15.4. The Morgan fingerprint density at radius 1 is 1.18 bits per heavy atom. The van der Waals surface area contributed by atoms with Crippen molar-refractivity contribution in [1.82, 2.24) is 0 Å². The molecule has 1 unspecified atom stereocenters. The van der Waals surface area contributed by atoms with Crippen LogP contribution in [0.3, 0.4) is 0 Å². The van der Waals surface area contributed by atoms with Crippen LogP contribution >= 0.6 is 0 Å². The Bertz CT molecular complexity index is 612. The highest BCUT2D eigenvalue weighted by Gasteiger charge is 2.20. The molecule has 1 N–H and O–H groups in total. The van der Waals surface area contributed by atoms with E-state index >= 15 is 0 Å². The molecule has 1 aliphatic rings. The average Bonchev–Trinajstić information content (AvgIpc) is 2.55. The molecule has 0 bridgehead atoms. The number of benzene rings is 2. The van der Waals surface area contributed by atoms with Gasteiger partial charge in [-0.2, -0.15) is 0 Å². The van der Waals surface area contributed by atoms with E-state index in [-0.39, 0.29) is 6.61 Å². The second kappa shape index (κ2) is 6.71. The number of aliphatic hydroxyl groups is 1. The van der Waals surface area contributed by atoms with E-state index in [0.29, 0.717) is 13.2 Å². The van der Waals surface area contributed by atoms with Crippen LogP contribution < -0.4 is 14.4 Å². The van der Waals surface area contributed by atoms with Crippen molar-refractivity contribution in [3.8, 4) is 11.5 Å². The smallest absolute Gasteiger partial charge is 0.142 e. The predicted octanol–water partition coefficient (Wildman–Crippen LogP) is 2.63. The first-order chi connectivity index (χ1) is 10.7. The van der Waals surface area contributed by atoms with Gasteiger partial charge in [-0.3, -0.25) is 0 Å². The molecule has 2 aromatic rings. The highest BCUT2D eigenvalue weighted by Crippen LogP contribution is 2.30. The van der Waals surface area contributed by atoms with E-state index < -0.39 is 6.10 Å². The van der Waals surface area contributed by atoms with Crippen LogP contribution in [0.15, 0.2) is 48.5 Å². The molecule has 1 heterocycles. The molecule has 0 saturated heterocycles. The molecule has 116 valence electrons. The SMILES string of the molecule is Cc1ccc(OCC(O)CN2CCOc3ccccc32)cc1. The molecule has 0 spiro atoms. The highest BCUT2D eigenvalue weighted by atomic mass is 16.5. The van der Waals surface area contributed by atoms with Crippen molar-refractivity contribution in [3.05, 3.63) is 54.1 Å². The number of ether oxygens (including phenoxy) is 2. The van der Waals surface area contributed by atoms with E-state index in [4.69, 9.17) is 9.47 Å². The standard InChI is InChI=1S/C18H21NO3/c1-14-6-8-16(9-7-14)22-13-15(20)12-19-10-11-21-18-5-3-2-4-17(18)19/h2-9,15,20H,10-13H2,1H3. The minimum atomic E-state index is -0.549. The number of aryl methyl sites for hydroxylation is 1. The molecule has 1 aliphatic heterocycles. The summed E-state index contributed by atoms with van der Waals surface area (Å²) in [6, 6.07) is 15.8. The Balaban J connectivity index is 1.56. The van der Waals surface area contributed by atoms with Gasteiger partial charge >= 0.3 is 0 Å². The van der Waals surface area contributed by atoms with Gasteiger partial charge in [0.15, 0.2) is 0 Å². The van der Waals surface area contributed by atoms with Crippen molar-refractivity contribution >= 4 is 5.69 Å². The Hall–Kier alpha value is -2.20. The van der Waals surface area contributed by atoms with Gasteiger partial charge in [0.25, 0.3) is 0 Å². The van der Waals surface area contributed by atoms with Crippen molar-refractivity contribution in [2.45, 2.75) is 13.0 Å². The van der Waals surface area contributed by atoms with Crippen LogP contribution in [0, 0.1) is 6.92 Å². The summed E-state index contributed by atoms with van der Waals surface area (Å²) >= 11 is 0. The van der Waals surface area contributed by atoms with Crippen LogP contribution in [0.4, 0.5) is 5.69 Å². The van der Waals surface area contributed by atoms with Gasteiger partial charge in [-0.25, -0.2) is 0 Å². The monoisotopic (exact) mass is 299 g/mol. The van der Waals surface area contributed by atoms with Crippen LogP contribution in [0.25, 0.3) is 0 Å². The number of rotatable bonds is 5. The molecule has 1 atom stereocenters. The molecule has 4 nitrogen and oxygen atoms in total. The average molecular weight is 299 g/mol. The maximum absolute atomic E-state index is 10.2. The zero-order valence-electron chi connectivity index (χ0n) is 12.7. The third-order valence-electron chi connectivity index (χ3n) is 3.72. The van der Waals surface area contributed by atoms with Gasteiger partial charge in [0.05, 0.1) is 12.2 Å². The third-order valence-corrected chi connectivity index (χ3v) is 3.72. The molecule has 0 radical (unpaired) electrons. The fourth-order valence-corrected chi connectivity index (χ4v) is 2.55. The molecule has 0 aromatic heterocycles. The zero-order valence-corrected chi connectivity index (χ0v) is 12.7. The molecular formula is C18H21NO3. The Morgan fingerprint density at radius 2 is 1.95 bits per heavy atom. The molecule has 4 heteroatoms. The van der Waals surface area contributed by atoms with Crippen molar-refractivity contribution < 1.29 is 14.6 Å². The topological polar surface area (TPSA) is 41.9 Å². The van der Waals surface area contributed by atoms with Crippen LogP contribution in [0.1, 0.15) is 5.56 Å². The van der Waals surface area contributed by atoms with E-state index in [1.54, 1.807) is 0 Å². The van der Waals surface area contributed by atoms with E-state index in [9.17, 15) is 5.11 Å². The predicted molar refractivity (Wildman–Crippen MR) is 86.8 cm³/mol. The summed E-state index contributed by atoms with van der Waals surface area (Å²) in [5.41, 5.74) is 2.22. The van der Waals surface area contributed by atoms with Gasteiger partial charge < -0.3 is 19.5 Å². The minimum Gasteiger partial charge on any atom is -0.491 e. The summed E-state index contributed by atoms with van der Waals surface area (Å²) in [6.07, 6.45) is -0.549. The highest BCUT2D eigenvalue weighted by molar-refractivity contribution is 5.59. The van der Waals surface area contributed by atoms with Crippen LogP contribution in [0.5, 0.6) is 11.5 Å². The van der Waals surface area contributed by atoms with Gasteiger partial charge in [-0.1, -0.05) is 29.8 Å². The van der Waals surface area contributed by atoms with Crippen LogP contribution in [-0.4, -0.2) is 37.5 Å². The summed E-state index contributed by atoms with van der Waals surface area (Å²) in [5, 5.41) is 10.2. The maximum Gasteiger partial charge on any atom is 0.142 e. The lowest BCUT2D eigenvalue weighted by atomic mass is 10.2. The molecule has 3 rings (SSSR count).